The highest BCUT2D eigenvalue weighted by Gasteiger charge is 2.09. The standard InChI is InChI=1S/C11H14Cl2N2O2/c1-15(5-6-16)7-10(17)14-9-4-2-3-8(12)11(9)13/h2-4,16H,5-7H2,1H3,(H,14,17). The largest absolute Gasteiger partial charge is 0.395 e. The Kier molecular flexibility index (Phi) is 5.71. The summed E-state index contributed by atoms with van der Waals surface area (Å²) < 4.78 is 0. The normalized spacial score (nSPS) is 10.6. The van der Waals surface area contributed by atoms with Crippen molar-refractivity contribution in [2.24, 2.45) is 0 Å². The number of halogens is 2. The number of benzene rings is 1. The Morgan fingerprint density at radius 2 is 2.18 bits per heavy atom. The first kappa shape index (κ1) is 14.3. The number of nitrogens with zero attached hydrogens (tertiary/aromatic N) is 1. The number of nitrogens with one attached hydrogen (secondary N) is 1. The van der Waals surface area contributed by atoms with Gasteiger partial charge in [0.05, 0.1) is 28.9 Å². The van der Waals surface area contributed by atoms with E-state index in [1.807, 2.05) is 0 Å². The molecule has 17 heavy (non-hydrogen) atoms. The van der Waals surface area contributed by atoms with Crippen LogP contribution in [0.25, 0.3) is 0 Å². The van der Waals surface area contributed by atoms with Gasteiger partial charge in [-0.25, -0.2) is 0 Å². The summed E-state index contributed by atoms with van der Waals surface area (Å²) in [5.41, 5.74) is 0.488. The van der Waals surface area contributed by atoms with Crippen molar-refractivity contribution in [2.45, 2.75) is 0 Å². The predicted octanol–water partition coefficient (Wildman–Crippen LogP) is 1.86. The predicted molar refractivity (Wildman–Crippen MR) is 69.7 cm³/mol. The van der Waals surface area contributed by atoms with E-state index in [9.17, 15) is 4.79 Å². The van der Waals surface area contributed by atoms with Crippen molar-refractivity contribution >= 4 is 34.8 Å². The zero-order valence-electron chi connectivity index (χ0n) is 9.41. The van der Waals surface area contributed by atoms with E-state index in [0.29, 0.717) is 22.3 Å². The van der Waals surface area contributed by atoms with E-state index in [2.05, 4.69) is 5.32 Å². The maximum Gasteiger partial charge on any atom is 0.238 e. The number of hydrogen-bond acceptors (Lipinski definition) is 3. The van der Waals surface area contributed by atoms with Crippen molar-refractivity contribution in [2.75, 3.05) is 32.1 Å². The smallest absolute Gasteiger partial charge is 0.238 e. The van der Waals surface area contributed by atoms with Gasteiger partial charge in [0.2, 0.25) is 5.91 Å². The lowest BCUT2D eigenvalue weighted by molar-refractivity contribution is -0.117. The number of aliphatic hydroxyl groups excluding tert-OH is 1. The lowest BCUT2D eigenvalue weighted by Crippen LogP contribution is -2.32. The van der Waals surface area contributed by atoms with Crippen molar-refractivity contribution in [1.82, 2.24) is 4.90 Å². The van der Waals surface area contributed by atoms with Crippen molar-refractivity contribution < 1.29 is 9.90 Å². The van der Waals surface area contributed by atoms with Crippen LogP contribution in [-0.2, 0) is 4.79 Å². The van der Waals surface area contributed by atoms with Crippen molar-refractivity contribution in [1.29, 1.82) is 0 Å². The van der Waals surface area contributed by atoms with E-state index >= 15 is 0 Å². The third-order valence-corrected chi connectivity index (χ3v) is 2.94. The number of carbonyl (C=O) groups is 1. The average Bonchev–Trinajstić information content (AvgIpc) is 2.25. The van der Waals surface area contributed by atoms with Crippen LogP contribution in [0.4, 0.5) is 5.69 Å². The second-order valence-corrected chi connectivity index (χ2v) is 4.40. The maximum absolute atomic E-state index is 11.6. The quantitative estimate of drug-likeness (QED) is 0.863. The number of likely N-dealkylation sites (N-methyl/N-ethyl adjacent to an activating group) is 1. The molecule has 1 amide bonds. The van der Waals surface area contributed by atoms with Crippen LogP contribution in [0.1, 0.15) is 0 Å². The Morgan fingerprint density at radius 3 is 2.82 bits per heavy atom. The summed E-state index contributed by atoms with van der Waals surface area (Å²) in [6, 6.07) is 5.04. The molecule has 0 aliphatic rings. The molecule has 0 aliphatic carbocycles. The van der Waals surface area contributed by atoms with Gasteiger partial charge >= 0.3 is 0 Å². The Labute approximate surface area is 110 Å². The van der Waals surface area contributed by atoms with Gasteiger partial charge in [0.15, 0.2) is 0 Å². The molecule has 0 atom stereocenters. The highest BCUT2D eigenvalue weighted by atomic mass is 35.5. The molecule has 0 radical (unpaired) electrons. The zero-order chi connectivity index (χ0) is 12.8. The van der Waals surface area contributed by atoms with E-state index in [1.165, 1.54) is 0 Å². The average molecular weight is 277 g/mol. The van der Waals surface area contributed by atoms with Gasteiger partial charge in [-0.05, 0) is 19.2 Å². The van der Waals surface area contributed by atoms with E-state index in [-0.39, 0.29) is 19.1 Å². The van der Waals surface area contributed by atoms with Gasteiger partial charge < -0.3 is 10.4 Å². The van der Waals surface area contributed by atoms with Gasteiger partial charge in [-0.3, -0.25) is 9.69 Å². The molecule has 0 unspecified atom stereocenters. The summed E-state index contributed by atoms with van der Waals surface area (Å²) in [7, 11) is 1.75. The Balaban J connectivity index is 2.59. The lowest BCUT2D eigenvalue weighted by Gasteiger charge is -2.15. The number of amides is 1. The van der Waals surface area contributed by atoms with Crippen molar-refractivity contribution in [3.63, 3.8) is 0 Å². The summed E-state index contributed by atoms with van der Waals surface area (Å²) in [4.78, 5) is 13.3. The second-order valence-electron chi connectivity index (χ2n) is 3.61. The van der Waals surface area contributed by atoms with Crippen molar-refractivity contribution in [3.8, 4) is 0 Å². The van der Waals surface area contributed by atoms with Crippen LogP contribution in [-0.4, -0.2) is 42.7 Å². The molecule has 0 fully saturated rings. The van der Waals surface area contributed by atoms with Crippen LogP contribution in [0.3, 0.4) is 0 Å². The molecule has 0 aliphatic heterocycles. The van der Waals surface area contributed by atoms with E-state index in [1.54, 1.807) is 30.1 Å². The van der Waals surface area contributed by atoms with Crippen LogP contribution >= 0.6 is 23.2 Å². The van der Waals surface area contributed by atoms with Crippen LogP contribution in [0.15, 0.2) is 18.2 Å². The van der Waals surface area contributed by atoms with Gasteiger partial charge in [0.25, 0.3) is 0 Å². The molecular formula is C11H14Cl2N2O2. The molecule has 0 bridgehead atoms. The Morgan fingerprint density at radius 1 is 1.47 bits per heavy atom. The summed E-state index contributed by atoms with van der Waals surface area (Å²) >= 11 is 11.8. The molecule has 0 aromatic heterocycles. The summed E-state index contributed by atoms with van der Waals surface area (Å²) in [6.07, 6.45) is 0. The van der Waals surface area contributed by atoms with Crippen LogP contribution < -0.4 is 5.32 Å². The van der Waals surface area contributed by atoms with Crippen molar-refractivity contribution in [3.05, 3.63) is 28.2 Å². The molecule has 0 spiro atoms. The SMILES string of the molecule is CN(CCO)CC(=O)Nc1cccc(Cl)c1Cl. The van der Waals surface area contributed by atoms with Gasteiger partial charge in [0.1, 0.15) is 0 Å². The minimum absolute atomic E-state index is 0.0156. The summed E-state index contributed by atoms with van der Waals surface area (Å²) in [6.45, 7) is 0.641. The molecule has 0 heterocycles. The molecule has 94 valence electrons. The number of carbonyl (C=O) groups excluding carboxylic acids is 1. The molecule has 1 rings (SSSR count). The maximum atomic E-state index is 11.6. The van der Waals surface area contributed by atoms with E-state index in [0.717, 1.165) is 0 Å². The fourth-order valence-electron chi connectivity index (χ4n) is 1.28. The van der Waals surface area contributed by atoms with Gasteiger partial charge in [0, 0.05) is 6.54 Å². The molecule has 1 aromatic rings. The van der Waals surface area contributed by atoms with E-state index < -0.39 is 0 Å². The zero-order valence-corrected chi connectivity index (χ0v) is 10.9. The van der Waals surface area contributed by atoms with Gasteiger partial charge in [-0.1, -0.05) is 29.3 Å². The first-order chi connectivity index (χ1) is 8.04. The summed E-state index contributed by atoms with van der Waals surface area (Å²) in [5, 5.41) is 12.1. The molecule has 0 saturated carbocycles. The number of anilines is 1. The molecule has 6 heteroatoms. The first-order valence-electron chi connectivity index (χ1n) is 5.08. The van der Waals surface area contributed by atoms with Gasteiger partial charge in [-0.15, -0.1) is 0 Å². The Hall–Kier alpha value is -0.810. The highest BCUT2D eigenvalue weighted by Crippen LogP contribution is 2.29. The second kappa shape index (κ2) is 6.81. The molecular weight excluding hydrogens is 263 g/mol. The monoisotopic (exact) mass is 276 g/mol. The number of aliphatic hydroxyl groups is 1. The molecule has 4 nitrogen and oxygen atoms in total. The first-order valence-corrected chi connectivity index (χ1v) is 5.83. The van der Waals surface area contributed by atoms with Gasteiger partial charge in [-0.2, -0.15) is 0 Å². The Bertz CT molecular complexity index is 399. The lowest BCUT2D eigenvalue weighted by atomic mass is 10.3. The molecule has 2 N–H and O–H groups in total. The fraction of sp³-hybridized carbons (Fsp3) is 0.364. The van der Waals surface area contributed by atoms with Crippen LogP contribution in [0.5, 0.6) is 0 Å². The third-order valence-electron chi connectivity index (χ3n) is 2.12. The topological polar surface area (TPSA) is 52.6 Å². The summed E-state index contributed by atoms with van der Waals surface area (Å²) in [5.74, 6) is -0.204. The van der Waals surface area contributed by atoms with Crippen LogP contribution in [0.2, 0.25) is 10.0 Å². The minimum Gasteiger partial charge on any atom is -0.395 e. The van der Waals surface area contributed by atoms with Crippen LogP contribution in [0, 0.1) is 0 Å². The number of hydrogen-bond donors (Lipinski definition) is 2. The third kappa shape index (κ3) is 4.52. The van der Waals surface area contributed by atoms with E-state index in [4.69, 9.17) is 28.3 Å². The number of rotatable bonds is 5. The molecule has 1 aromatic carbocycles. The molecule has 0 saturated heterocycles. The highest BCUT2D eigenvalue weighted by molar-refractivity contribution is 6.43. The minimum atomic E-state index is -0.204. The fourth-order valence-corrected chi connectivity index (χ4v) is 1.63.